The summed E-state index contributed by atoms with van der Waals surface area (Å²) in [4.78, 5) is 2.49. The minimum absolute atomic E-state index is 0.258. The van der Waals surface area contributed by atoms with Crippen molar-refractivity contribution in [3.05, 3.63) is 0 Å². The van der Waals surface area contributed by atoms with Crippen molar-refractivity contribution in [2.45, 2.75) is 44.6 Å². The third-order valence-corrected chi connectivity index (χ3v) is 6.32. The fourth-order valence-corrected chi connectivity index (χ4v) is 4.72. The van der Waals surface area contributed by atoms with Crippen molar-refractivity contribution in [3.8, 4) is 0 Å². The Morgan fingerprint density at radius 1 is 1.00 bits per heavy atom. The molecule has 1 saturated carbocycles. The molecular weight excluding hydrogens is 262 g/mol. The van der Waals surface area contributed by atoms with Crippen LogP contribution < -0.4 is 5.73 Å². The molecule has 0 radical (unpaired) electrons. The van der Waals surface area contributed by atoms with Gasteiger partial charge < -0.3 is 5.73 Å². The second-order valence-electron chi connectivity index (χ2n) is 5.69. The first-order valence-electron chi connectivity index (χ1n) is 7.55. The van der Waals surface area contributed by atoms with E-state index in [1.54, 1.807) is 4.31 Å². The van der Waals surface area contributed by atoms with Gasteiger partial charge >= 0.3 is 0 Å². The third-order valence-electron chi connectivity index (χ3n) is 4.36. The molecule has 112 valence electrons. The molecule has 1 saturated heterocycles. The summed E-state index contributed by atoms with van der Waals surface area (Å²) in [5.41, 5.74) is 5.41. The molecule has 2 rings (SSSR count). The second-order valence-corrected chi connectivity index (χ2v) is 7.77. The summed E-state index contributed by atoms with van der Waals surface area (Å²) in [6.45, 7) is 3.72. The Balaban J connectivity index is 1.78. The Morgan fingerprint density at radius 3 is 2.21 bits per heavy atom. The van der Waals surface area contributed by atoms with Crippen LogP contribution in [0, 0.1) is 0 Å². The number of nitrogens with two attached hydrogens (primary N) is 1. The van der Waals surface area contributed by atoms with E-state index >= 15 is 0 Å². The number of piperazine rings is 1. The van der Waals surface area contributed by atoms with Gasteiger partial charge in [0.15, 0.2) is 0 Å². The van der Waals surface area contributed by atoms with Crippen molar-refractivity contribution >= 4 is 10.0 Å². The Kier molecular flexibility index (Phi) is 5.62. The molecule has 0 amide bonds. The van der Waals surface area contributed by atoms with Crippen LogP contribution in [0.4, 0.5) is 0 Å². The quantitative estimate of drug-likeness (QED) is 0.728. The molecular formula is C13H27N3O2S. The van der Waals surface area contributed by atoms with Gasteiger partial charge in [-0.1, -0.05) is 12.8 Å². The van der Waals surface area contributed by atoms with Gasteiger partial charge in [0, 0.05) is 32.2 Å². The maximum atomic E-state index is 12.2. The van der Waals surface area contributed by atoms with E-state index in [0.29, 0.717) is 32.1 Å². The number of nitrogens with zero attached hydrogens (tertiary/aromatic N) is 2. The minimum atomic E-state index is -3.05. The van der Waals surface area contributed by atoms with Gasteiger partial charge in [0.25, 0.3) is 0 Å². The first-order chi connectivity index (χ1) is 9.13. The van der Waals surface area contributed by atoms with E-state index in [-0.39, 0.29) is 5.75 Å². The van der Waals surface area contributed by atoms with E-state index in [0.717, 1.165) is 19.5 Å². The molecule has 2 fully saturated rings. The molecule has 0 aromatic rings. The van der Waals surface area contributed by atoms with Crippen molar-refractivity contribution in [1.82, 2.24) is 9.21 Å². The van der Waals surface area contributed by atoms with Crippen molar-refractivity contribution in [2.24, 2.45) is 5.73 Å². The molecule has 2 aliphatic rings. The maximum absolute atomic E-state index is 12.2. The standard InChI is InChI=1S/C13H27N3O2S/c14-7-3-4-12-19(17,18)16-10-8-15(9-11-16)13-5-1-2-6-13/h13H,1-12,14H2. The average Bonchev–Trinajstić information content (AvgIpc) is 2.93. The van der Waals surface area contributed by atoms with Gasteiger partial charge in [0.2, 0.25) is 10.0 Å². The number of sulfonamides is 1. The lowest BCUT2D eigenvalue weighted by atomic mass is 10.2. The summed E-state index contributed by atoms with van der Waals surface area (Å²) in [5.74, 6) is 0.258. The SMILES string of the molecule is NCCCCS(=O)(=O)N1CCN(C2CCCC2)CC1. The summed E-state index contributed by atoms with van der Waals surface area (Å²) in [5, 5.41) is 0. The van der Waals surface area contributed by atoms with Crippen molar-refractivity contribution < 1.29 is 8.42 Å². The first kappa shape index (κ1) is 15.2. The van der Waals surface area contributed by atoms with Gasteiger partial charge in [-0.2, -0.15) is 4.31 Å². The van der Waals surface area contributed by atoms with Crippen LogP contribution in [-0.2, 0) is 10.0 Å². The summed E-state index contributed by atoms with van der Waals surface area (Å²) in [6.07, 6.45) is 6.74. The molecule has 0 atom stereocenters. The van der Waals surface area contributed by atoms with Gasteiger partial charge in [0.05, 0.1) is 5.75 Å². The predicted octanol–water partition coefficient (Wildman–Crippen LogP) is 0.615. The predicted molar refractivity (Wildman–Crippen MR) is 77.5 cm³/mol. The van der Waals surface area contributed by atoms with Crippen LogP contribution in [0.25, 0.3) is 0 Å². The monoisotopic (exact) mass is 289 g/mol. The Bertz CT molecular complexity index is 358. The number of unbranched alkanes of at least 4 members (excludes halogenated alkanes) is 1. The number of hydrogen-bond donors (Lipinski definition) is 1. The van der Waals surface area contributed by atoms with Gasteiger partial charge in [-0.3, -0.25) is 4.90 Å². The largest absolute Gasteiger partial charge is 0.330 e. The Labute approximate surface area is 117 Å². The first-order valence-corrected chi connectivity index (χ1v) is 9.16. The topological polar surface area (TPSA) is 66.6 Å². The number of hydrogen-bond acceptors (Lipinski definition) is 4. The van der Waals surface area contributed by atoms with Crippen LogP contribution in [0.3, 0.4) is 0 Å². The van der Waals surface area contributed by atoms with Crippen LogP contribution in [0.1, 0.15) is 38.5 Å². The molecule has 0 aromatic heterocycles. The fourth-order valence-electron chi connectivity index (χ4n) is 3.17. The van der Waals surface area contributed by atoms with Gasteiger partial charge in [-0.05, 0) is 32.2 Å². The lowest BCUT2D eigenvalue weighted by Crippen LogP contribution is -2.51. The molecule has 6 heteroatoms. The van der Waals surface area contributed by atoms with E-state index in [9.17, 15) is 8.42 Å². The lowest BCUT2D eigenvalue weighted by molar-refractivity contribution is 0.139. The zero-order valence-corrected chi connectivity index (χ0v) is 12.6. The van der Waals surface area contributed by atoms with Crippen molar-refractivity contribution in [2.75, 3.05) is 38.5 Å². The summed E-state index contributed by atoms with van der Waals surface area (Å²) in [7, 11) is -3.05. The van der Waals surface area contributed by atoms with Crippen LogP contribution in [0.5, 0.6) is 0 Å². The average molecular weight is 289 g/mol. The van der Waals surface area contributed by atoms with Crippen LogP contribution in [0.2, 0.25) is 0 Å². The molecule has 2 N–H and O–H groups in total. The highest BCUT2D eigenvalue weighted by Gasteiger charge is 2.30. The van der Waals surface area contributed by atoms with E-state index in [4.69, 9.17) is 5.73 Å². The molecule has 0 spiro atoms. The van der Waals surface area contributed by atoms with Gasteiger partial charge in [-0.25, -0.2) is 8.42 Å². The van der Waals surface area contributed by atoms with Crippen molar-refractivity contribution in [1.29, 1.82) is 0 Å². The summed E-state index contributed by atoms with van der Waals surface area (Å²) >= 11 is 0. The Hall–Kier alpha value is -0.170. The smallest absolute Gasteiger partial charge is 0.214 e. The fraction of sp³-hybridized carbons (Fsp3) is 1.00. The maximum Gasteiger partial charge on any atom is 0.214 e. The van der Waals surface area contributed by atoms with Crippen LogP contribution >= 0.6 is 0 Å². The summed E-state index contributed by atoms with van der Waals surface area (Å²) in [6, 6.07) is 0.710. The number of rotatable bonds is 6. The van der Waals surface area contributed by atoms with E-state index in [1.165, 1.54) is 25.7 Å². The van der Waals surface area contributed by atoms with E-state index < -0.39 is 10.0 Å². The van der Waals surface area contributed by atoms with Crippen LogP contribution in [0.15, 0.2) is 0 Å². The zero-order chi connectivity index (χ0) is 13.7. The van der Waals surface area contributed by atoms with E-state index in [1.807, 2.05) is 0 Å². The zero-order valence-electron chi connectivity index (χ0n) is 11.8. The molecule has 1 aliphatic carbocycles. The molecule has 1 aliphatic heterocycles. The normalized spacial score (nSPS) is 24.1. The lowest BCUT2D eigenvalue weighted by Gasteiger charge is -2.37. The highest BCUT2D eigenvalue weighted by atomic mass is 32.2. The van der Waals surface area contributed by atoms with Gasteiger partial charge in [0.1, 0.15) is 0 Å². The third kappa shape index (κ3) is 4.15. The van der Waals surface area contributed by atoms with Crippen molar-refractivity contribution in [3.63, 3.8) is 0 Å². The Morgan fingerprint density at radius 2 is 1.63 bits per heavy atom. The van der Waals surface area contributed by atoms with Gasteiger partial charge in [-0.15, -0.1) is 0 Å². The molecule has 1 heterocycles. The second kappa shape index (κ2) is 7.02. The molecule has 19 heavy (non-hydrogen) atoms. The molecule has 0 bridgehead atoms. The molecule has 0 unspecified atom stereocenters. The summed E-state index contributed by atoms with van der Waals surface area (Å²) < 4.78 is 26.0. The molecule has 0 aromatic carbocycles. The highest BCUT2D eigenvalue weighted by molar-refractivity contribution is 7.89. The van der Waals surface area contributed by atoms with E-state index in [2.05, 4.69) is 4.90 Å². The minimum Gasteiger partial charge on any atom is -0.330 e. The van der Waals surface area contributed by atoms with Crippen LogP contribution in [-0.4, -0.2) is 62.1 Å². The molecule has 5 nitrogen and oxygen atoms in total. The highest BCUT2D eigenvalue weighted by Crippen LogP contribution is 2.24.